The highest BCUT2D eigenvalue weighted by atomic mass is 16.5. The molecule has 0 radical (unpaired) electrons. The third-order valence-corrected chi connectivity index (χ3v) is 5.71. The molecule has 0 bridgehead atoms. The third-order valence-electron chi connectivity index (χ3n) is 5.71. The van der Waals surface area contributed by atoms with E-state index in [9.17, 15) is 9.59 Å². The number of hydrogen-bond acceptors (Lipinski definition) is 5. The fourth-order valence-electron chi connectivity index (χ4n) is 4.39. The Hall–Kier alpha value is -2.34. The van der Waals surface area contributed by atoms with Crippen molar-refractivity contribution in [3.63, 3.8) is 0 Å². The summed E-state index contributed by atoms with van der Waals surface area (Å²) in [6, 6.07) is 3.83. The van der Waals surface area contributed by atoms with Crippen molar-refractivity contribution in [1.29, 1.82) is 0 Å². The topological polar surface area (TPSA) is 69.0 Å². The SMILES string of the molecule is Cc1c(OCC(=O)N2C[C@@H](C)O[C@@H](C)C2)ccc2c3c(c(=O)oc12)CCCC3. The number of fused-ring (bicyclic) bond motifs is 3. The van der Waals surface area contributed by atoms with Gasteiger partial charge in [-0.05, 0) is 64.2 Å². The largest absolute Gasteiger partial charge is 0.483 e. The molecule has 1 saturated heterocycles. The maximum Gasteiger partial charge on any atom is 0.339 e. The average Bonchev–Trinajstić information content (AvgIpc) is 2.67. The molecular formula is C22H27NO5. The molecule has 2 heterocycles. The zero-order valence-electron chi connectivity index (χ0n) is 16.7. The Morgan fingerprint density at radius 3 is 2.54 bits per heavy atom. The molecule has 28 heavy (non-hydrogen) atoms. The third kappa shape index (κ3) is 3.53. The van der Waals surface area contributed by atoms with Crippen LogP contribution in [0.3, 0.4) is 0 Å². The van der Waals surface area contributed by atoms with E-state index in [0.717, 1.165) is 47.8 Å². The van der Waals surface area contributed by atoms with E-state index in [4.69, 9.17) is 13.9 Å². The van der Waals surface area contributed by atoms with Gasteiger partial charge in [0.05, 0.1) is 12.2 Å². The standard InChI is InChI=1S/C22H27NO5/c1-13-10-23(11-14(2)27-13)20(24)12-26-19-9-8-17-16-6-4-5-7-18(16)22(25)28-21(17)15(19)3/h8-9,13-14H,4-7,10-12H2,1-3H3/t13-,14+. The first kappa shape index (κ1) is 19.0. The smallest absolute Gasteiger partial charge is 0.339 e. The van der Waals surface area contributed by atoms with Crippen LogP contribution in [0.25, 0.3) is 11.0 Å². The molecule has 150 valence electrons. The molecule has 6 nitrogen and oxygen atoms in total. The van der Waals surface area contributed by atoms with Gasteiger partial charge in [-0.3, -0.25) is 4.79 Å². The maximum atomic E-state index is 12.6. The number of rotatable bonds is 3. The molecule has 2 atom stereocenters. The van der Waals surface area contributed by atoms with Gasteiger partial charge >= 0.3 is 5.63 Å². The van der Waals surface area contributed by atoms with Crippen molar-refractivity contribution in [2.45, 2.75) is 58.7 Å². The van der Waals surface area contributed by atoms with Crippen molar-refractivity contribution >= 4 is 16.9 Å². The lowest BCUT2D eigenvalue weighted by Gasteiger charge is -2.35. The molecule has 2 aliphatic rings. The average molecular weight is 385 g/mol. The van der Waals surface area contributed by atoms with Gasteiger partial charge in [-0.25, -0.2) is 4.79 Å². The summed E-state index contributed by atoms with van der Waals surface area (Å²) in [6.07, 6.45) is 3.86. The van der Waals surface area contributed by atoms with E-state index >= 15 is 0 Å². The molecule has 1 amide bonds. The molecule has 1 aliphatic carbocycles. The number of benzene rings is 1. The van der Waals surface area contributed by atoms with Gasteiger partial charge in [0.1, 0.15) is 11.3 Å². The normalized spacial score (nSPS) is 22.2. The Bertz CT molecular complexity index is 954. The van der Waals surface area contributed by atoms with Gasteiger partial charge in [0.15, 0.2) is 6.61 Å². The molecule has 0 unspecified atom stereocenters. The summed E-state index contributed by atoms with van der Waals surface area (Å²) < 4.78 is 17.1. The van der Waals surface area contributed by atoms with Crippen LogP contribution in [0.1, 0.15) is 43.4 Å². The van der Waals surface area contributed by atoms with Crippen LogP contribution in [0.2, 0.25) is 0 Å². The highest BCUT2D eigenvalue weighted by molar-refractivity contribution is 5.86. The van der Waals surface area contributed by atoms with Gasteiger partial charge in [-0.1, -0.05) is 0 Å². The minimum atomic E-state index is -0.241. The summed E-state index contributed by atoms with van der Waals surface area (Å²) in [5.41, 5.74) is 3.02. The number of morpholine rings is 1. The lowest BCUT2D eigenvalue weighted by Crippen LogP contribution is -2.49. The van der Waals surface area contributed by atoms with E-state index in [-0.39, 0.29) is 30.3 Å². The minimum absolute atomic E-state index is 0.0237. The van der Waals surface area contributed by atoms with Crippen LogP contribution in [0.5, 0.6) is 5.75 Å². The van der Waals surface area contributed by atoms with Crippen LogP contribution in [0.15, 0.2) is 21.3 Å². The number of ether oxygens (including phenoxy) is 2. The first-order valence-corrected chi connectivity index (χ1v) is 10.1. The summed E-state index contributed by atoms with van der Waals surface area (Å²) in [5.74, 6) is 0.516. The van der Waals surface area contributed by atoms with E-state index in [0.29, 0.717) is 24.4 Å². The number of carbonyl (C=O) groups excluding carboxylic acids is 1. The van der Waals surface area contributed by atoms with Gasteiger partial charge in [0.25, 0.3) is 5.91 Å². The summed E-state index contributed by atoms with van der Waals surface area (Å²) in [4.78, 5) is 26.7. The van der Waals surface area contributed by atoms with Crippen LogP contribution >= 0.6 is 0 Å². The summed E-state index contributed by atoms with van der Waals surface area (Å²) in [7, 11) is 0. The van der Waals surface area contributed by atoms with E-state index < -0.39 is 0 Å². The molecular weight excluding hydrogens is 358 g/mol. The lowest BCUT2D eigenvalue weighted by molar-refractivity contribution is -0.145. The van der Waals surface area contributed by atoms with Crippen LogP contribution in [0.4, 0.5) is 0 Å². The number of aryl methyl sites for hydroxylation is 2. The maximum absolute atomic E-state index is 12.6. The van der Waals surface area contributed by atoms with Crippen molar-refractivity contribution < 1.29 is 18.7 Å². The Morgan fingerprint density at radius 1 is 1.14 bits per heavy atom. The monoisotopic (exact) mass is 385 g/mol. The zero-order valence-corrected chi connectivity index (χ0v) is 16.7. The fraction of sp³-hybridized carbons (Fsp3) is 0.545. The van der Waals surface area contributed by atoms with Crippen molar-refractivity contribution in [2.24, 2.45) is 0 Å². The molecule has 0 spiro atoms. The molecule has 1 aliphatic heterocycles. The van der Waals surface area contributed by atoms with Gasteiger partial charge in [-0.2, -0.15) is 0 Å². The van der Waals surface area contributed by atoms with Crippen LogP contribution < -0.4 is 10.4 Å². The molecule has 1 aromatic carbocycles. The van der Waals surface area contributed by atoms with Crippen LogP contribution in [0, 0.1) is 6.92 Å². The van der Waals surface area contributed by atoms with Crippen molar-refractivity contribution in [3.8, 4) is 5.75 Å². The number of hydrogen-bond donors (Lipinski definition) is 0. The lowest BCUT2D eigenvalue weighted by atomic mass is 9.90. The van der Waals surface area contributed by atoms with Crippen LogP contribution in [-0.4, -0.2) is 42.7 Å². The predicted molar refractivity (Wildman–Crippen MR) is 106 cm³/mol. The Morgan fingerprint density at radius 2 is 1.82 bits per heavy atom. The van der Waals surface area contributed by atoms with E-state index in [1.165, 1.54) is 0 Å². The van der Waals surface area contributed by atoms with Gasteiger partial charge in [-0.15, -0.1) is 0 Å². The number of nitrogens with zero attached hydrogens (tertiary/aromatic N) is 1. The molecule has 6 heteroatoms. The van der Waals surface area contributed by atoms with Gasteiger partial charge in [0.2, 0.25) is 0 Å². The highest BCUT2D eigenvalue weighted by Gasteiger charge is 2.26. The zero-order chi connectivity index (χ0) is 19.8. The van der Waals surface area contributed by atoms with Crippen molar-refractivity contribution in [3.05, 3.63) is 39.2 Å². The van der Waals surface area contributed by atoms with Crippen LogP contribution in [-0.2, 0) is 22.4 Å². The molecule has 2 aromatic rings. The first-order valence-electron chi connectivity index (χ1n) is 10.1. The van der Waals surface area contributed by atoms with Gasteiger partial charge in [0, 0.05) is 29.6 Å². The second-order valence-electron chi connectivity index (χ2n) is 7.96. The second-order valence-corrected chi connectivity index (χ2v) is 7.96. The minimum Gasteiger partial charge on any atom is -0.483 e. The Labute approximate surface area is 164 Å². The number of amides is 1. The summed E-state index contributed by atoms with van der Waals surface area (Å²) >= 11 is 0. The summed E-state index contributed by atoms with van der Waals surface area (Å²) in [5, 5.41) is 0.987. The fourth-order valence-corrected chi connectivity index (χ4v) is 4.39. The van der Waals surface area contributed by atoms with Gasteiger partial charge < -0.3 is 18.8 Å². The first-order chi connectivity index (χ1) is 13.4. The summed E-state index contributed by atoms with van der Waals surface area (Å²) in [6.45, 7) is 6.91. The second kappa shape index (κ2) is 7.59. The molecule has 4 rings (SSSR count). The molecule has 0 N–H and O–H groups in total. The molecule has 1 fully saturated rings. The predicted octanol–water partition coefficient (Wildman–Crippen LogP) is 2.99. The quantitative estimate of drug-likeness (QED) is 0.760. The highest BCUT2D eigenvalue weighted by Crippen LogP contribution is 2.32. The number of carbonyl (C=O) groups is 1. The van der Waals surface area contributed by atoms with Crippen molar-refractivity contribution in [1.82, 2.24) is 4.90 Å². The van der Waals surface area contributed by atoms with E-state index in [1.807, 2.05) is 32.9 Å². The van der Waals surface area contributed by atoms with Crippen molar-refractivity contribution in [2.75, 3.05) is 19.7 Å². The van der Waals surface area contributed by atoms with E-state index in [1.54, 1.807) is 4.90 Å². The molecule has 0 saturated carbocycles. The molecule has 1 aromatic heterocycles. The Kier molecular flexibility index (Phi) is 5.15. The Balaban J connectivity index is 1.56. The van der Waals surface area contributed by atoms with E-state index in [2.05, 4.69) is 0 Å².